The topological polar surface area (TPSA) is 80.6 Å². The number of nitrogens with zero attached hydrogens (tertiary/aromatic N) is 2. The third-order valence-electron chi connectivity index (χ3n) is 7.83. The molecule has 3 aromatic rings. The van der Waals surface area contributed by atoms with E-state index < -0.39 is 18.1 Å². The molecule has 0 aliphatic heterocycles. The summed E-state index contributed by atoms with van der Waals surface area (Å²) in [5.74, 6) is -0.808. The van der Waals surface area contributed by atoms with E-state index in [4.69, 9.17) is 4.74 Å². The maximum atomic E-state index is 13.9. The first kappa shape index (κ1) is 34.3. The molecule has 2 aromatic carbocycles. The lowest BCUT2D eigenvalue weighted by atomic mass is 9.90. The van der Waals surface area contributed by atoms with Crippen LogP contribution in [0.15, 0.2) is 90.9 Å². The van der Waals surface area contributed by atoms with E-state index in [9.17, 15) is 14.4 Å². The Bertz CT molecular complexity index is 1490. The number of carbonyl (C=O) groups is 2. The normalized spacial score (nSPS) is 12.4. The largest absolute Gasteiger partial charge is 0.469 e. The fraction of sp³-hybridized carbons (Fsp3) is 0.378. The number of nitrogens with one attached hydrogen (secondary N) is 1. The van der Waals surface area contributed by atoms with E-state index >= 15 is 0 Å². The number of benzene rings is 2. The molecule has 7 nitrogen and oxygen atoms in total. The molecular weight excluding hydrogens is 550 g/mol. The number of methoxy groups -OCH3 is 1. The lowest BCUT2D eigenvalue weighted by Crippen LogP contribution is -2.39. The Morgan fingerprint density at radius 3 is 2.50 bits per heavy atom. The van der Waals surface area contributed by atoms with Gasteiger partial charge in [0.2, 0.25) is 5.91 Å². The van der Waals surface area contributed by atoms with Gasteiger partial charge in [-0.15, -0.1) is 13.2 Å². The van der Waals surface area contributed by atoms with Crippen molar-refractivity contribution in [3.63, 3.8) is 0 Å². The van der Waals surface area contributed by atoms with Gasteiger partial charge in [-0.05, 0) is 99.0 Å². The second-order valence-electron chi connectivity index (χ2n) is 11.5. The van der Waals surface area contributed by atoms with Crippen LogP contribution in [0.25, 0.3) is 11.1 Å². The summed E-state index contributed by atoms with van der Waals surface area (Å²) in [5.41, 5.74) is 6.09. The molecule has 1 amide bonds. The molecule has 44 heavy (non-hydrogen) atoms. The molecular formula is C37H47N3O4. The van der Waals surface area contributed by atoms with E-state index in [2.05, 4.69) is 54.6 Å². The van der Waals surface area contributed by atoms with Crippen LogP contribution in [-0.4, -0.2) is 49.1 Å². The minimum Gasteiger partial charge on any atom is -0.469 e. The second kappa shape index (κ2) is 17.2. The Hall–Kier alpha value is -4.23. The van der Waals surface area contributed by atoms with Gasteiger partial charge in [-0.25, -0.2) is 0 Å². The zero-order chi connectivity index (χ0) is 32.1. The van der Waals surface area contributed by atoms with Crippen molar-refractivity contribution in [2.75, 3.05) is 27.7 Å². The molecule has 0 fully saturated rings. The van der Waals surface area contributed by atoms with Gasteiger partial charge < -0.3 is 19.5 Å². The standard InChI is InChI=1S/C37H47N3O4/c1-7-9-10-11-16-29-17-12-15-27(3)36(29)31-19-13-18-30(24-31)32(25-35(42)44-6)38-37(43)33(14-8-2)40-26-28(20-21-34(40)41)22-23-39(4)5/h7-8,12-13,15,17-21,24,26,32-33H,1-2,9-11,14,16,22-23,25H2,3-6H3,(H,38,43)/t32-,33-/m0/s1. The highest BCUT2D eigenvalue weighted by molar-refractivity contribution is 5.82. The molecule has 234 valence electrons. The van der Waals surface area contributed by atoms with E-state index in [1.807, 2.05) is 38.4 Å². The lowest BCUT2D eigenvalue weighted by molar-refractivity contribution is -0.141. The zero-order valence-electron chi connectivity index (χ0n) is 26.7. The molecule has 1 aromatic heterocycles. The predicted octanol–water partition coefficient (Wildman–Crippen LogP) is 6.36. The minimum atomic E-state index is -0.818. The second-order valence-corrected chi connectivity index (χ2v) is 11.5. The summed E-state index contributed by atoms with van der Waals surface area (Å²) in [4.78, 5) is 41.4. The first-order valence-corrected chi connectivity index (χ1v) is 15.3. The molecule has 3 rings (SSSR count). The molecule has 0 saturated heterocycles. The first-order chi connectivity index (χ1) is 21.2. The zero-order valence-corrected chi connectivity index (χ0v) is 26.7. The smallest absolute Gasteiger partial charge is 0.307 e. The highest BCUT2D eigenvalue weighted by Gasteiger charge is 2.26. The van der Waals surface area contributed by atoms with E-state index in [0.717, 1.165) is 60.9 Å². The average Bonchev–Trinajstić information content (AvgIpc) is 3.01. The summed E-state index contributed by atoms with van der Waals surface area (Å²) in [5, 5.41) is 3.07. The highest BCUT2D eigenvalue weighted by atomic mass is 16.5. The van der Waals surface area contributed by atoms with Crippen LogP contribution in [0.3, 0.4) is 0 Å². The highest BCUT2D eigenvalue weighted by Crippen LogP contribution is 2.32. The molecule has 0 saturated carbocycles. The fourth-order valence-electron chi connectivity index (χ4n) is 5.43. The molecule has 1 N–H and O–H groups in total. The molecule has 2 atom stereocenters. The van der Waals surface area contributed by atoms with Crippen LogP contribution in [-0.2, 0) is 27.2 Å². The molecule has 7 heteroatoms. The minimum absolute atomic E-state index is 0.0491. The number of amides is 1. The van der Waals surface area contributed by atoms with Crippen LogP contribution in [0.1, 0.15) is 66.4 Å². The number of likely N-dealkylation sites (N-methyl/N-ethyl adjacent to an activating group) is 1. The number of allylic oxidation sites excluding steroid dienone is 2. The molecule has 0 aliphatic rings. The predicted molar refractivity (Wildman–Crippen MR) is 179 cm³/mol. The fourth-order valence-corrected chi connectivity index (χ4v) is 5.43. The van der Waals surface area contributed by atoms with Gasteiger partial charge in [-0.1, -0.05) is 54.6 Å². The molecule has 0 unspecified atom stereocenters. The number of aromatic nitrogens is 1. The number of hydrogen-bond donors (Lipinski definition) is 1. The number of ether oxygens (including phenoxy) is 1. The van der Waals surface area contributed by atoms with Crippen LogP contribution < -0.4 is 10.9 Å². The maximum absolute atomic E-state index is 13.9. The maximum Gasteiger partial charge on any atom is 0.307 e. The van der Waals surface area contributed by atoms with Gasteiger partial charge in [0.05, 0.1) is 19.6 Å². The van der Waals surface area contributed by atoms with Crippen LogP contribution in [0.5, 0.6) is 0 Å². The number of unbranched alkanes of at least 4 members (excludes halogenated alkanes) is 2. The van der Waals surface area contributed by atoms with Gasteiger partial charge in [0, 0.05) is 18.8 Å². The third kappa shape index (κ3) is 9.64. The molecule has 0 radical (unpaired) electrons. The van der Waals surface area contributed by atoms with Crippen molar-refractivity contribution in [3.8, 4) is 11.1 Å². The summed E-state index contributed by atoms with van der Waals surface area (Å²) in [6.45, 7) is 10.6. The molecule has 0 bridgehead atoms. The lowest BCUT2D eigenvalue weighted by Gasteiger charge is -2.24. The van der Waals surface area contributed by atoms with Crippen LogP contribution in [0, 0.1) is 6.92 Å². The monoisotopic (exact) mass is 597 g/mol. The summed E-state index contributed by atoms with van der Waals surface area (Å²) < 4.78 is 6.47. The van der Waals surface area contributed by atoms with Crippen molar-refractivity contribution >= 4 is 11.9 Å². The van der Waals surface area contributed by atoms with Crippen LogP contribution >= 0.6 is 0 Å². The van der Waals surface area contributed by atoms with Gasteiger partial charge in [0.1, 0.15) is 6.04 Å². The van der Waals surface area contributed by atoms with Gasteiger partial charge in [0.25, 0.3) is 5.56 Å². The average molecular weight is 598 g/mol. The quantitative estimate of drug-likeness (QED) is 0.111. The van der Waals surface area contributed by atoms with Crippen molar-refractivity contribution in [1.29, 1.82) is 0 Å². The van der Waals surface area contributed by atoms with Gasteiger partial charge in [-0.3, -0.25) is 14.4 Å². The number of pyridine rings is 1. The molecule has 0 spiro atoms. The van der Waals surface area contributed by atoms with Crippen molar-refractivity contribution in [1.82, 2.24) is 14.8 Å². The first-order valence-electron chi connectivity index (χ1n) is 15.3. The third-order valence-corrected chi connectivity index (χ3v) is 7.83. The van der Waals surface area contributed by atoms with Gasteiger partial charge in [-0.2, -0.15) is 0 Å². The summed E-state index contributed by atoms with van der Waals surface area (Å²) in [7, 11) is 5.32. The van der Waals surface area contributed by atoms with Crippen LogP contribution in [0.2, 0.25) is 0 Å². The van der Waals surface area contributed by atoms with E-state index in [0.29, 0.717) is 0 Å². The Kier molecular flexibility index (Phi) is 13.4. The van der Waals surface area contributed by atoms with Crippen molar-refractivity contribution < 1.29 is 14.3 Å². The van der Waals surface area contributed by atoms with Gasteiger partial charge >= 0.3 is 5.97 Å². The number of aryl methyl sites for hydroxylation is 2. The number of rotatable bonds is 17. The van der Waals surface area contributed by atoms with Crippen molar-refractivity contribution in [2.45, 2.75) is 64.0 Å². The SMILES string of the molecule is C=CCCCCc1cccc(C)c1-c1cccc([C@H](CC(=O)OC)NC(=O)[C@H](CC=C)n2cc(CCN(C)C)ccc2=O)c1. The number of carbonyl (C=O) groups excluding carboxylic acids is 2. The van der Waals surface area contributed by atoms with E-state index in [-0.39, 0.29) is 24.3 Å². The van der Waals surface area contributed by atoms with E-state index in [1.54, 1.807) is 18.3 Å². The summed E-state index contributed by atoms with van der Waals surface area (Å²) >= 11 is 0. The Morgan fingerprint density at radius 2 is 1.80 bits per heavy atom. The summed E-state index contributed by atoms with van der Waals surface area (Å²) in [6, 6.07) is 16.2. The Balaban J connectivity index is 1.97. The molecule has 1 heterocycles. The van der Waals surface area contributed by atoms with Crippen molar-refractivity contribution in [3.05, 3.63) is 119 Å². The Morgan fingerprint density at radius 1 is 1.02 bits per heavy atom. The van der Waals surface area contributed by atoms with Crippen LogP contribution in [0.4, 0.5) is 0 Å². The number of hydrogen-bond acceptors (Lipinski definition) is 5. The Labute approximate surface area is 262 Å². The van der Waals surface area contributed by atoms with Gasteiger partial charge in [0.15, 0.2) is 0 Å². The summed E-state index contributed by atoms with van der Waals surface area (Å²) in [6.07, 6.45) is 10.4. The van der Waals surface area contributed by atoms with Crippen molar-refractivity contribution in [2.24, 2.45) is 0 Å². The number of esters is 1. The molecule has 0 aliphatic carbocycles. The van der Waals surface area contributed by atoms with E-state index in [1.165, 1.54) is 28.9 Å².